The maximum atomic E-state index is 12.1. The number of benzene rings is 1. The molecule has 0 saturated heterocycles. The van der Waals surface area contributed by atoms with Crippen LogP contribution in [0.3, 0.4) is 0 Å². The van der Waals surface area contributed by atoms with Gasteiger partial charge in [0.15, 0.2) is 11.5 Å². The molecule has 5 nitrogen and oxygen atoms in total. The molecule has 0 fully saturated rings. The summed E-state index contributed by atoms with van der Waals surface area (Å²) in [4.78, 5) is 19.5. The van der Waals surface area contributed by atoms with Crippen LogP contribution in [0.5, 0.6) is 11.5 Å². The second-order valence-corrected chi connectivity index (χ2v) is 5.58. The highest BCUT2D eigenvalue weighted by atomic mass is 35.5. The largest absolute Gasteiger partial charge is 0.486 e. The summed E-state index contributed by atoms with van der Waals surface area (Å²) < 4.78 is 11.1. The molecule has 1 aromatic heterocycles. The molecule has 2 heterocycles. The van der Waals surface area contributed by atoms with E-state index in [-0.39, 0.29) is 5.56 Å². The molecule has 1 N–H and O–H groups in total. The van der Waals surface area contributed by atoms with Gasteiger partial charge in [0.2, 0.25) is 0 Å². The summed E-state index contributed by atoms with van der Waals surface area (Å²) >= 11 is 6.23. The van der Waals surface area contributed by atoms with Crippen LogP contribution in [0.1, 0.15) is 17.7 Å². The molecule has 2 aromatic rings. The minimum absolute atomic E-state index is 0.0569. The molecule has 1 aliphatic carbocycles. The monoisotopic (exact) mass is 304 g/mol. The van der Waals surface area contributed by atoms with E-state index in [9.17, 15) is 4.79 Å². The normalized spacial score (nSPS) is 15.9. The third-order valence-corrected chi connectivity index (χ3v) is 4.09. The van der Waals surface area contributed by atoms with Gasteiger partial charge in [0.05, 0.1) is 10.7 Å². The Labute approximate surface area is 125 Å². The van der Waals surface area contributed by atoms with Crippen LogP contribution in [0.2, 0.25) is 5.02 Å². The summed E-state index contributed by atoms with van der Waals surface area (Å²) in [6.07, 6.45) is 2.64. The Balaban J connectivity index is 1.86. The van der Waals surface area contributed by atoms with Gasteiger partial charge in [-0.25, -0.2) is 4.98 Å². The van der Waals surface area contributed by atoms with Gasteiger partial charge in [-0.2, -0.15) is 0 Å². The zero-order valence-corrected chi connectivity index (χ0v) is 12.0. The Morgan fingerprint density at radius 2 is 2.05 bits per heavy atom. The van der Waals surface area contributed by atoms with E-state index in [1.807, 2.05) is 0 Å². The first-order valence-electron chi connectivity index (χ1n) is 6.94. The highest BCUT2D eigenvalue weighted by Crippen LogP contribution is 2.40. The summed E-state index contributed by atoms with van der Waals surface area (Å²) in [5, 5.41) is 0.463. The second kappa shape index (κ2) is 4.77. The number of H-pyrrole nitrogens is 1. The van der Waals surface area contributed by atoms with Crippen molar-refractivity contribution >= 4 is 11.6 Å². The van der Waals surface area contributed by atoms with Crippen molar-refractivity contribution in [2.24, 2.45) is 0 Å². The number of nitrogens with zero attached hydrogens (tertiary/aromatic N) is 1. The summed E-state index contributed by atoms with van der Waals surface area (Å²) in [5.74, 6) is 1.67. The average Bonchev–Trinajstić information content (AvgIpc) is 2.96. The van der Waals surface area contributed by atoms with E-state index in [2.05, 4.69) is 9.97 Å². The van der Waals surface area contributed by atoms with Crippen molar-refractivity contribution < 1.29 is 9.47 Å². The Bertz CT molecular complexity index is 785. The summed E-state index contributed by atoms with van der Waals surface area (Å²) in [6.45, 7) is 0.973. The van der Waals surface area contributed by atoms with Gasteiger partial charge in [-0.15, -0.1) is 0 Å². The average molecular weight is 305 g/mol. The molecule has 4 rings (SSSR count). The second-order valence-electron chi connectivity index (χ2n) is 5.18. The summed E-state index contributed by atoms with van der Waals surface area (Å²) in [6, 6.07) is 3.55. The maximum Gasteiger partial charge on any atom is 0.254 e. The molecule has 108 valence electrons. The number of aromatic amines is 1. The Hall–Kier alpha value is -2.01. The topological polar surface area (TPSA) is 64.2 Å². The quantitative estimate of drug-likeness (QED) is 0.878. The van der Waals surface area contributed by atoms with E-state index in [0.29, 0.717) is 35.6 Å². The first kappa shape index (κ1) is 12.7. The molecule has 1 aliphatic heterocycles. The molecule has 0 saturated carbocycles. The molecular weight excluding hydrogens is 292 g/mol. The van der Waals surface area contributed by atoms with Crippen molar-refractivity contribution in [3.8, 4) is 22.9 Å². The van der Waals surface area contributed by atoms with Crippen molar-refractivity contribution in [2.45, 2.75) is 19.3 Å². The fourth-order valence-corrected chi connectivity index (χ4v) is 3.09. The molecule has 0 bridgehead atoms. The predicted molar refractivity (Wildman–Crippen MR) is 78.3 cm³/mol. The molecule has 0 unspecified atom stereocenters. The van der Waals surface area contributed by atoms with Crippen molar-refractivity contribution in [3.63, 3.8) is 0 Å². The number of nitrogens with one attached hydrogen (secondary N) is 1. The van der Waals surface area contributed by atoms with Crippen molar-refractivity contribution in [2.75, 3.05) is 13.2 Å². The zero-order chi connectivity index (χ0) is 14.4. The number of rotatable bonds is 1. The molecule has 0 amide bonds. The van der Waals surface area contributed by atoms with E-state index in [0.717, 1.165) is 36.1 Å². The molecule has 21 heavy (non-hydrogen) atoms. The SMILES string of the molecule is O=c1[nH]c(-c2cc(Cl)c3c(c2)OCCO3)nc2c1CCC2. The lowest BCUT2D eigenvalue weighted by Crippen LogP contribution is -2.17. The predicted octanol–water partition coefficient (Wildman–Crippen LogP) is 2.35. The van der Waals surface area contributed by atoms with Crippen molar-refractivity contribution in [1.29, 1.82) is 0 Å². The fraction of sp³-hybridized carbons (Fsp3) is 0.333. The molecule has 0 spiro atoms. The van der Waals surface area contributed by atoms with Gasteiger partial charge in [-0.05, 0) is 31.4 Å². The molecule has 6 heteroatoms. The lowest BCUT2D eigenvalue weighted by molar-refractivity contribution is 0.172. The van der Waals surface area contributed by atoms with Gasteiger partial charge in [0.1, 0.15) is 19.0 Å². The Kier molecular flexibility index (Phi) is 2.89. The molecule has 1 aromatic carbocycles. The van der Waals surface area contributed by atoms with Gasteiger partial charge in [0, 0.05) is 11.1 Å². The van der Waals surface area contributed by atoms with Crippen LogP contribution < -0.4 is 15.0 Å². The van der Waals surface area contributed by atoms with Gasteiger partial charge < -0.3 is 14.5 Å². The number of aromatic nitrogens is 2. The number of ether oxygens (including phenoxy) is 2. The van der Waals surface area contributed by atoms with Crippen LogP contribution in [0.15, 0.2) is 16.9 Å². The van der Waals surface area contributed by atoms with Crippen LogP contribution in [0, 0.1) is 0 Å². The van der Waals surface area contributed by atoms with Crippen LogP contribution in [-0.2, 0) is 12.8 Å². The minimum atomic E-state index is -0.0569. The van der Waals surface area contributed by atoms with Gasteiger partial charge in [-0.1, -0.05) is 11.6 Å². The van der Waals surface area contributed by atoms with Gasteiger partial charge in [0.25, 0.3) is 5.56 Å². The van der Waals surface area contributed by atoms with Gasteiger partial charge in [-0.3, -0.25) is 4.79 Å². The van der Waals surface area contributed by atoms with Crippen molar-refractivity contribution in [1.82, 2.24) is 9.97 Å². The van der Waals surface area contributed by atoms with E-state index in [4.69, 9.17) is 21.1 Å². The Morgan fingerprint density at radius 3 is 2.95 bits per heavy atom. The first-order valence-corrected chi connectivity index (χ1v) is 7.32. The Morgan fingerprint density at radius 1 is 1.19 bits per heavy atom. The molecule has 0 radical (unpaired) electrons. The number of aryl methyl sites for hydroxylation is 1. The van der Waals surface area contributed by atoms with E-state index >= 15 is 0 Å². The highest BCUT2D eigenvalue weighted by molar-refractivity contribution is 6.32. The number of hydrogen-bond acceptors (Lipinski definition) is 4. The van der Waals surface area contributed by atoms with Crippen LogP contribution in [0.25, 0.3) is 11.4 Å². The fourth-order valence-electron chi connectivity index (χ4n) is 2.83. The van der Waals surface area contributed by atoms with Crippen LogP contribution in [0.4, 0.5) is 0 Å². The van der Waals surface area contributed by atoms with Crippen LogP contribution >= 0.6 is 11.6 Å². The summed E-state index contributed by atoms with van der Waals surface area (Å²) in [7, 11) is 0. The third-order valence-electron chi connectivity index (χ3n) is 3.81. The smallest absolute Gasteiger partial charge is 0.254 e. The van der Waals surface area contributed by atoms with Crippen LogP contribution in [-0.4, -0.2) is 23.2 Å². The molecule has 0 atom stereocenters. The van der Waals surface area contributed by atoms with Crippen molar-refractivity contribution in [3.05, 3.63) is 38.8 Å². The first-order chi connectivity index (χ1) is 10.2. The highest BCUT2D eigenvalue weighted by Gasteiger charge is 2.21. The van der Waals surface area contributed by atoms with E-state index in [1.165, 1.54) is 0 Å². The third kappa shape index (κ3) is 2.08. The lowest BCUT2D eigenvalue weighted by atomic mass is 10.1. The zero-order valence-electron chi connectivity index (χ0n) is 11.2. The molecule has 2 aliphatic rings. The maximum absolute atomic E-state index is 12.1. The number of halogens is 1. The number of fused-ring (bicyclic) bond motifs is 2. The molecular formula is C15H13ClN2O3. The van der Waals surface area contributed by atoms with Gasteiger partial charge >= 0.3 is 0 Å². The lowest BCUT2D eigenvalue weighted by Gasteiger charge is -2.20. The minimum Gasteiger partial charge on any atom is -0.486 e. The van der Waals surface area contributed by atoms with E-state index < -0.39 is 0 Å². The number of hydrogen-bond donors (Lipinski definition) is 1. The standard InChI is InChI=1S/C15H13ClN2O3/c16-10-6-8(7-12-13(10)21-5-4-20-12)14-17-11-3-1-2-9(11)15(19)18-14/h6-7H,1-5H2,(H,17,18,19). The van der Waals surface area contributed by atoms with E-state index in [1.54, 1.807) is 12.1 Å². The summed E-state index contributed by atoms with van der Waals surface area (Å²) in [5.41, 5.74) is 2.37.